The lowest BCUT2D eigenvalue weighted by atomic mass is 10.3. The van der Waals surface area contributed by atoms with Gasteiger partial charge in [0.2, 0.25) is 10.0 Å². The lowest BCUT2D eigenvalue weighted by Gasteiger charge is -2.18. The summed E-state index contributed by atoms with van der Waals surface area (Å²) in [6, 6.07) is 1.81. The van der Waals surface area contributed by atoms with Crippen LogP contribution in [0.25, 0.3) is 0 Å². The summed E-state index contributed by atoms with van der Waals surface area (Å²) in [7, 11) is -3.53. The highest BCUT2D eigenvalue weighted by Gasteiger charge is 2.29. The number of nitrogens with zero attached hydrogens (tertiary/aromatic N) is 4. The van der Waals surface area contributed by atoms with E-state index in [1.165, 1.54) is 4.31 Å². The van der Waals surface area contributed by atoms with Crippen LogP contribution in [0.15, 0.2) is 15.5 Å². The predicted molar refractivity (Wildman–Crippen MR) is 82.1 cm³/mol. The van der Waals surface area contributed by atoms with Gasteiger partial charge in [0.15, 0.2) is 5.76 Å². The molecule has 2 aromatic heterocycles. The van der Waals surface area contributed by atoms with Gasteiger partial charge in [-0.05, 0) is 20.8 Å². The number of aryl methyl sites for hydroxylation is 2. The molecule has 0 saturated carbocycles. The summed E-state index contributed by atoms with van der Waals surface area (Å²) in [5.74, 6) is 0.648. The molecule has 0 aliphatic heterocycles. The van der Waals surface area contributed by atoms with Gasteiger partial charge in [0.1, 0.15) is 11.4 Å². The van der Waals surface area contributed by atoms with Gasteiger partial charge in [0, 0.05) is 19.2 Å². The average molecular weight is 326 g/mol. The van der Waals surface area contributed by atoms with E-state index in [0.717, 1.165) is 5.69 Å². The van der Waals surface area contributed by atoms with E-state index in [1.54, 1.807) is 18.5 Å². The molecular weight excluding hydrogens is 304 g/mol. The Hall–Kier alpha value is -1.67. The summed E-state index contributed by atoms with van der Waals surface area (Å²) in [4.78, 5) is 0.285. The van der Waals surface area contributed by atoms with E-state index in [2.05, 4.69) is 10.3 Å². The van der Waals surface area contributed by atoms with Crippen LogP contribution in [0.1, 0.15) is 36.7 Å². The zero-order valence-corrected chi connectivity index (χ0v) is 14.4. The van der Waals surface area contributed by atoms with Gasteiger partial charge in [0.25, 0.3) is 0 Å². The van der Waals surface area contributed by atoms with Crippen LogP contribution in [0.4, 0.5) is 0 Å². The van der Waals surface area contributed by atoms with Crippen molar-refractivity contribution in [3.63, 3.8) is 0 Å². The maximum atomic E-state index is 12.7. The van der Waals surface area contributed by atoms with Crippen molar-refractivity contribution in [1.29, 1.82) is 0 Å². The fourth-order valence-corrected chi connectivity index (χ4v) is 4.37. The molecule has 2 aromatic rings. The molecule has 0 atom stereocenters. The van der Waals surface area contributed by atoms with Gasteiger partial charge in [-0.1, -0.05) is 19.0 Å². The van der Waals surface area contributed by atoms with Crippen LogP contribution in [0.2, 0.25) is 0 Å². The van der Waals surface area contributed by atoms with Crippen molar-refractivity contribution < 1.29 is 12.9 Å². The van der Waals surface area contributed by atoms with Crippen molar-refractivity contribution in [2.75, 3.05) is 13.1 Å². The molecule has 0 bridgehead atoms. The quantitative estimate of drug-likeness (QED) is 0.809. The minimum absolute atomic E-state index is 0.285. The van der Waals surface area contributed by atoms with Gasteiger partial charge in [0.05, 0.1) is 17.1 Å². The van der Waals surface area contributed by atoms with Crippen molar-refractivity contribution in [1.82, 2.24) is 19.2 Å². The van der Waals surface area contributed by atoms with E-state index in [0.29, 0.717) is 36.8 Å². The lowest BCUT2D eigenvalue weighted by molar-refractivity contribution is 0.366. The Morgan fingerprint density at radius 1 is 1.23 bits per heavy atom. The van der Waals surface area contributed by atoms with Crippen molar-refractivity contribution in [2.24, 2.45) is 0 Å². The second kappa shape index (κ2) is 6.21. The highest BCUT2D eigenvalue weighted by molar-refractivity contribution is 7.89. The molecule has 0 unspecified atom stereocenters. The Morgan fingerprint density at radius 3 is 2.36 bits per heavy atom. The molecule has 0 aliphatic rings. The second-order valence-corrected chi connectivity index (χ2v) is 7.06. The van der Waals surface area contributed by atoms with E-state index in [-0.39, 0.29) is 4.90 Å². The van der Waals surface area contributed by atoms with Crippen LogP contribution in [0, 0.1) is 20.8 Å². The Labute approximate surface area is 131 Å². The summed E-state index contributed by atoms with van der Waals surface area (Å²) in [6.07, 6.45) is 0. The molecule has 0 spiro atoms. The Morgan fingerprint density at radius 2 is 1.86 bits per heavy atom. The molecule has 0 fully saturated rings. The third-order valence-corrected chi connectivity index (χ3v) is 5.90. The molecule has 2 heterocycles. The topological polar surface area (TPSA) is 81.2 Å². The van der Waals surface area contributed by atoms with Gasteiger partial charge < -0.3 is 4.52 Å². The predicted octanol–water partition coefficient (Wildman–Crippen LogP) is 1.88. The van der Waals surface area contributed by atoms with E-state index in [9.17, 15) is 8.42 Å². The zero-order chi connectivity index (χ0) is 16.5. The van der Waals surface area contributed by atoms with Crippen LogP contribution >= 0.6 is 0 Å². The van der Waals surface area contributed by atoms with Crippen LogP contribution < -0.4 is 0 Å². The van der Waals surface area contributed by atoms with Crippen molar-refractivity contribution in [3.05, 3.63) is 28.9 Å². The zero-order valence-electron chi connectivity index (χ0n) is 13.6. The van der Waals surface area contributed by atoms with Crippen LogP contribution in [-0.2, 0) is 16.6 Å². The molecule has 122 valence electrons. The van der Waals surface area contributed by atoms with Crippen molar-refractivity contribution in [2.45, 2.75) is 46.1 Å². The Kier molecular flexibility index (Phi) is 4.72. The van der Waals surface area contributed by atoms with Gasteiger partial charge in [-0.15, -0.1) is 0 Å². The molecule has 8 heteroatoms. The Bertz CT molecular complexity index is 757. The molecular formula is C14H22N4O3S. The smallest absolute Gasteiger partial charge is 0.246 e. The maximum Gasteiger partial charge on any atom is 0.246 e. The third kappa shape index (κ3) is 2.93. The molecule has 7 nitrogen and oxygen atoms in total. The van der Waals surface area contributed by atoms with Crippen LogP contribution in [0.3, 0.4) is 0 Å². The van der Waals surface area contributed by atoms with E-state index in [1.807, 2.05) is 26.8 Å². The molecule has 0 aliphatic carbocycles. The summed E-state index contributed by atoms with van der Waals surface area (Å²) >= 11 is 0. The SMILES string of the molecule is CCN(CC)S(=O)(=O)c1c(C)nn(Cc2cc(C)no2)c1C. The van der Waals surface area contributed by atoms with Crippen LogP contribution in [-0.4, -0.2) is 40.7 Å². The maximum absolute atomic E-state index is 12.7. The van der Waals surface area contributed by atoms with E-state index < -0.39 is 10.0 Å². The van der Waals surface area contributed by atoms with Crippen molar-refractivity contribution >= 4 is 10.0 Å². The first-order valence-corrected chi connectivity index (χ1v) is 8.71. The highest BCUT2D eigenvalue weighted by atomic mass is 32.2. The number of rotatable bonds is 6. The minimum Gasteiger partial charge on any atom is -0.359 e. The summed E-state index contributed by atoms with van der Waals surface area (Å²) in [6.45, 7) is 10.2. The highest BCUT2D eigenvalue weighted by Crippen LogP contribution is 2.24. The molecule has 0 saturated heterocycles. The Balaban J connectivity index is 2.43. The first kappa shape index (κ1) is 16.7. The molecule has 22 heavy (non-hydrogen) atoms. The van der Waals surface area contributed by atoms with Gasteiger partial charge in [-0.3, -0.25) is 4.68 Å². The third-order valence-electron chi connectivity index (χ3n) is 3.60. The first-order chi connectivity index (χ1) is 10.3. The number of hydrogen-bond acceptors (Lipinski definition) is 5. The van der Waals surface area contributed by atoms with E-state index in [4.69, 9.17) is 4.52 Å². The molecule has 0 aromatic carbocycles. The first-order valence-electron chi connectivity index (χ1n) is 7.27. The number of aromatic nitrogens is 3. The average Bonchev–Trinajstić information content (AvgIpc) is 2.95. The fraction of sp³-hybridized carbons (Fsp3) is 0.571. The van der Waals surface area contributed by atoms with Crippen molar-refractivity contribution in [3.8, 4) is 0 Å². The normalized spacial score (nSPS) is 12.3. The number of hydrogen-bond donors (Lipinski definition) is 0. The standard InChI is InChI=1S/C14H22N4O3S/c1-6-17(7-2)22(19,20)14-11(4)15-18(12(14)5)9-13-8-10(3)16-21-13/h8H,6-7,9H2,1-5H3. The molecule has 0 amide bonds. The van der Waals surface area contributed by atoms with E-state index >= 15 is 0 Å². The van der Waals surface area contributed by atoms with Gasteiger partial charge in [-0.2, -0.15) is 9.40 Å². The monoisotopic (exact) mass is 326 g/mol. The molecule has 0 N–H and O–H groups in total. The lowest BCUT2D eigenvalue weighted by Crippen LogP contribution is -2.31. The number of sulfonamides is 1. The largest absolute Gasteiger partial charge is 0.359 e. The van der Waals surface area contributed by atoms with Gasteiger partial charge >= 0.3 is 0 Å². The van der Waals surface area contributed by atoms with Crippen LogP contribution in [0.5, 0.6) is 0 Å². The summed E-state index contributed by atoms with van der Waals surface area (Å²) < 4.78 is 33.7. The molecule has 2 rings (SSSR count). The summed E-state index contributed by atoms with van der Waals surface area (Å²) in [5, 5.41) is 8.19. The molecule has 0 radical (unpaired) electrons. The fourth-order valence-electron chi connectivity index (χ4n) is 2.54. The second-order valence-electron chi connectivity index (χ2n) is 5.18. The summed E-state index contributed by atoms with van der Waals surface area (Å²) in [5.41, 5.74) is 1.90. The minimum atomic E-state index is -3.53. The van der Waals surface area contributed by atoms with Gasteiger partial charge in [-0.25, -0.2) is 8.42 Å².